The first-order chi connectivity index (χ1) is 13.5. The summed E-state index contributed by atoms with van der Waals surface area (Å²) < 4.78 is 37.9. The summed E-state index contributed by atoms with van der Waals surface area (Å²) in [5, 5.41) is 0.937. The monoisotopic (exact) mass is 375 g/mol. The number of para-hydroxylation sites is 1. The molecule has 3 nitrogen and oxygen atoms in total. The van der Waals surface area contributed by atoms with Crippen molar-refractivity contribution in [2.24, 2.45) is 7.05 Å². The highest BCUT2D eigenvalue weighted by molar-refractivity contribution is 6.06. The number of aromatic nitrogens is 2. The lowest BCUT2D eigenvalue weighted by Gasteiger charge is -2.06. The van der Waals surface area contributed by atoms with Gasteiger partial charge < -0.3 is 4.42 Å². The van der Waals surface area contributed by atoms with Crippen molar-refractivity contribution in [3.05, 3.63) is 84.2 Å². The Bertz CT molecular complexity index is 1350. The summed E-state index contributed by atoms with van der Waals surface area (Å²) in [6.07, 6.45) is 3.98. The van der Waals surface area contributed by atoms with E-state index in [2.05, 4.69) is 4.57 Å². The summed E-state index contributed by atoms with van der Waals surface area (Å²) in [7, 11) is 1.97. The summed E-state index contributed by atoms with van der Waals surface area (Å²) >= 11 is 0. The van der Waals surface area contributed by atoms with Gasteiger partial charge in [0.05, 0.1) is 18.0 Å². The lowest BCUT2D eigenvalue weighted by molar-refractivity contribution is -0.659. The quantitative estimate of drug-likeness (QED) is 0.376. The number of benzene rings is 3. The van der Waals surface area contributed by atoms with Crippen LogP contribution in [0.4, 0.5) is 8.78 Å². The standard InChI is InChI=1S/C23H17F2N2O/c1-14-10-20-18(22-19(25)11-15(24)12-21(22)28-20)13-17(14)23-26(2)8-9-27(23)16-6-4-3-5-7-16/h3-13H,1-2H3/q+1. The van der Waals surface area contributed by atoms with Crippen LogP contribution in [-0.4, -0.2) is 4.57 Å². The van der Waals surface area contributed by atoms with Crippen molar-refractivity contribution in [1.82, 2.24) is 4.57 Å². The maximum Gasteiger partial charge on any atom is 0.294 e. The maximum atomic E-state index is 14.5. The third kappa shape index (κ3) is 2.43. The second-order valence-electron chi connectivity index (χ2n) is 6.96. The molecule has 0 unspecified atom stereocenters. The van der Waals surface area contributed by atoms with Gasteiger partial charge in [0.25, 0.3) is 5.82 Å². The second kappa shape index (κ2) is 6.02. The Kier molecular flexibility index (Phi) is 3.59. The minimum Gasteiger partial charge on any atom is -0.456 e. The molecule has 0 N–H and O–H groups in total. The van der Waals surface area contributed by atoms with Crippen LogP contribution in [0.5, 0.6) is 0 Å². The number of hydrogen-bond acceptors (Lipinski definition) is 1. The topological polar surface area (TPSA) is 21.9 Å². The van der Waals surface area contributed by atoms with E-state index < -0.39 is 11.6 Å². The molecule has 28 heavy (non-hydrogen) atoms. The first kappa shape index (κ1) is 16.7. The zero-order valence-corrected chi connectivity index (χ0v) is 15.4. The van der Waals surface area contributed by atoms with Crippen molar-refractivity contribution >= 4 is 21.9 Å². The summed E-state index contributed by atoms with van der Waals surface area (Å²) in [4.78, 5) is 0. The largest absolute Gasteiger partial charge is 0.456 e. The zero-order valence-electron chi connectivity index (χ0n) is 15.4. The van der Waals surface area contributed by atoms with Crippen LogP contribution in [0.3, 0.4) is 0 Å². The smallest absolute Gasteiger partial charge is 0.294 e. The predicted octanol–water partition coefficient (Wildman–Crippen LogP) is 5.45. The summed E-state index contributed by atoms with van der Waals surface area (Å²) in [5.41, 5.74) is 3.73. The molecule has 5 heteroatoms. The van der Waals surface area contributed by atoms with E-state index in [9.17, 15) is 8.78 Å². The molecule has 0 radical (unpaired) electrons. The molecule has 5 aromatic rings. The third-order valence-electron chi connectivity index (χ3n) is 5.11. The van der Waals surface area contributed by atoms with E-state index in [0.29, 0.717) is 16.4 Å². The van der Waals surface area contributed by atoms with Gasteiger partial charge >= 0.3 is 0 Å². The minimum absolute atomic E-state index is 0.215. The Balaban J connectivity index is 1.83. The molecular weight excluding hydrogens is 358 g/mol. The molecule has 0 spiro atoms. The molecule has 5 rings (SSSR count). The number of fused-ring (bicyclic) bond motifs is 3. The van der Waals surface area contributed by atoms with Gasteiger partial charge in [-0.3, -0.25) is 0 Å². The molecule has 0 aliphatic heterocycles. The van der Waals surface area contributed by atoms with Crippen LogP contribution in [0.25, 0.3) is 39.0 Å². The first-order valence-electron chi connectivity index (χ1n) is 8.97. The van der Waals surface area contributed by atoms with Crippen LogP contribution >= 0.6 is 0 Å². The van der Waals surface area contributed by atoms with E-state index in [-0.39, 0.29) is 5.58 Å². The summed E-state index contributed by atoms with van der Waals surface area (Å²) in [6, 6.07) is 15.9. The minimum atomic E-state index is -0.648. The molecule has 0 aliphatic carbocycles. The predicted molar refractivity (Wildman–Crippen MR) is 104 cm³/mol. The SMILES string of the molecule is Cc1cc2oc3cc(F)cc(F)c3c2cc1-c1n(-c2ccccc2)cc[n+]1C. The molecule has 2 aromatic heterocycles. The Hall–Kier alpha value is -3.47. The maximum absolute atomic E-state index is 14.5. The zero-order chi connectivity index (χ0) is 19.4. The number of hydrogen-bond donors (Lipinski definition) is 0. The van der Waals surface area contributed by atoms with Gasteiger partial charge in [0, 0.05) is 17.5 Å². The molecule has 0 fully saturated rings. The highest BCUT2D eigenvalue weighted by Crippen LogP contribution is 2.36. The van der Waals surface area contributed by atoms with Gasteiger partial charge in [0.1, 0.15) is 40.9 Å². The molecule has 2 heterocycles. The number of rotatable bonds is 2. The molecule has 0 saturated carbocycles. The molecule has 138 valence electrons. The van der Waals surface area contributed by atoms with Gasteiger partial charge in [0.2, 0.25) is 0 Å². The van der Waals surface area contributed by atoms with Gasteiger partial charge in [-0.25, -0.2) is 13.3 Å². The average molecular weight is 375 g/mol. The van der Waals surface area contributed by atoms with Crippen molar-refractivity contribution in [3.8, 4) is 17.1 Å². The van der Waals surface area contributed by atoms with Crippen molar-refractivity contribution < 1.29 is 17.8 Å². The van der Waals surface area contributed by atoms with E-state index >= 15 is 0 Å². The Morgan fingerprint density at radius 2 is 1.75 bits per heavy atom. The first-order valence-corrected chi connectivity index (χ1v) is 8.97. The van der Waals surface area contributed by atoms with E-state index in [1.54, 1.807) is 0 Å². The van der Waals surface area contributed by atoms with Crippen molar-refractivity contribution in [2.75, 3.05) is 0 Å². The van der Waals surface area contributed by atoms with Crippen LogP contribution in [0.15, 0.2) is 71.4 Å². The Morgan fingerprint density at radius 3 is 2.54 bits per heavy atom. The van der Waals surface area contributed by atoms with Crippen LogP contribution in [0.1, 0.15) is 5.56 Å². The van der Waals surface area contributed by atoms with Crippen molar-refractivity contribution in [1.29, 1.82) is 0 Å². The molecule has 0 aliphatic rings. The van der Waals surface area contributed by atoms with Gasteiger partial charge in [-0.1, -0.05) is 18.2 Å². The normalized spacial score (nSPS) is 11.6. The van der Waals surface area contributed by atoms with Crippen LogP contribution in [0, 0.1) is 18.6 Å². The number of nitrogens with zero attached hydrogens (tertiary/aromatic N) is 2. The van der Waals surface area contributed by atoms with Gasteiger partial charge in [-0.05, 0) is 36.8 Å². The van der Waals surface area contributed by atoms with Gasteiger partial charge in [-0.15, -0.1) is 0 Å². The van der Waals surface area contributed by atoms with Crippen LogP contribution in [-0.2, 0) is 7.05 Å². The van der Waals surface area contributed by atoms with Crippen LogP contribution in [0.2, 0.25) is 0 Å². The van der Waals surface area contributed by atoms with Crippen molar-refractivity contribution in [2.45, 2.75) is 6.92 Å². The number of imidazole rings is 1. The lowest BCUT2D eigenvalue weighted by Crippen LogP contribution is -2.29. The van der Waals surface area contributed by atoms with E-state index in [1.807, 2.05) is 73.4 Å². The Labute approximate surface area is 160 Å². The summed E-state index contributed by atoms with van der Waals surface area (Å²) in [5.74, 6) is -0.306. The number of halogens is 2. The fourth-order valence-electron chi connectivity index (χ4n) is 3.81. The summed E-state index contributed by atoms with van der Waals surface area (Å²) in [6.45, 7) is 1.99. The van der Waals surface area contributed by atoms with Gasteiger partial charge in [0.15, 0.2) is 0 Å². The van der Waals surface area contributed by atoms with Crippen molar-refractivity contribution in [3.63, 3.8) is 0 Å². The highest BCUT2D eigenvalue weighted by atomic mass is 19.1. The third-order valence-corrected chi connectivity index (χ3v) is 5.11. The fraction of sp³-hybridized carbons (Fsp3) is 0.0870. The lowest BCUT2D eigenvalue weighted by atomic mass is 10.0. The number of furan rings is 1. The molecule has 0 atom stereocenters. The molecule has 0 saturated heterocycles. The molecule has 0 bridgehead atoms. The van der Waals surface area contributed by atoms with Crippen LogP contribution < -0.4 is 4.57 Å². The fourth-order valence-corrected chi connectivity index (χ4v) is 3.81. The van der Waals surface area contributed by atoms with E-state index in [0.717, 1.165) is 28.7 Å². The Morgan fingerprint density at radius 1 is 0.964 bits per heavy atom. The highest BCUT2D eigenvalue weighted by Gasteiger charge is 2.23. The van der Waals surface area contributed by atoms with E-state index in [1.165, 1.54) is 6.07 Å². The van der Waals surface area contributed by atoms with Gasteiger partial charge in [-0.2, -0.15) is 4.57 Å². The number of aryl methyl sites for hydroxylation is 2. The average Bonchev–Trinajstić information content (AvgIpc) is 3.21. The molecular formula is C23H17F2N2O+. The molecule has 3 aromatic carbocycles. The molecule has 0 amide bonds. The second-order valence-corrected chi connectivity index (χ2v) is 6.96. The van der Waals surface area contributed by atoms with E-state index in [4.69, 9.17) is 4.42 Å².